The Bertz CT molecular complexity index is 730. The molecule has 0 bridgehead atoms. The van der Waals surface area contributed by atoms with E-state index in [1.807, 2.05) is 29.0 Å². The van der Waals surface area contributed by atoms with Gasteiger partial charge in [0.2, 0.25) is 11.8 Å². The van der Waals surface area contributed by atoms with E-state index in [0.29, 0.717) is 19.6 Å². The number of thiophene rings is 1. The zero-order chi connectivity index (χ0) is 17.6. The first-order chi connectivity index (χ1) is 12.1. The predicted molar refractivity (Wildman–Crippen MR) is 99.2 cm³/mol. The average Bonchev–Trinajstić information content (AvgIpc) is 3.12. The van der Waals surface area contributed by atoms with Crippen LogP contribution in [0.5, 0.6) is 0 Å². The summed E-state index contributed by atoms with van der Waals surface area (Å²) in [6.45, 7) is 4.64. The van der Waals surface area contributed by atoms with Crippen molar-refractivity contribution in [3.63, 3.8) is 0 Å². The Morgan fingerprint density at radius 3 is 2.96 bits per heavy atom. The lowest BCUT2D eigenvalue weighted by Gasteiger charge is -2.35. The maximum atomic E-state index is 12.3. The van der Waals surface area contributed by atoms with Crippen molar-refractivity contribution >= 4 is 23.2 Å². The Morgan fingerprint density at radius 2 is 2.20 bits per heavy atom. The first-order valence-electron chi connectivity index (χ1n) is 8.47. The zero-order valence-electron chi connectivity index (χ0n) is 14.3. The van der Waals surface area contributed by atoms with Gasteiger partial charge in [0, 0.05) is 26.2 Å². The third-order valence-corrected chi connectivity index (χ3v) is 5.26. The first kappa shape index (κ1) is 17.6. The summed E-state index contributed by atoms with van der Waals surface area (Å²) in [6.07, 6.45) is 0.182. The number of rotatable bonds is 6. The lowest BCUT2D eigenvalue weighted by atomic mass is 10.0. The van der Waals surface area contributed by atoms with Crippen molar-refractivity contribution < 1.29 is 9.59 Å². The summed E-state index contributed by atoms with van der Waals surface area (Å²) in [6, 6.07) is 9.74. The summed E-state index contributed by atoms with van der Waals surface area (Å²) in [4.78, 5) is 26.7. The minimum atomic E-state index is -0.421. The molecule has 1 saturated heterocycles. The lowest BCUT2D eigenvalue weighted by Crippen LogP contribution is -2.56. The van der Waals surface area contributed by atoms with Gasteiger partial charge in [-0.2, -0.15) is 11.3 Å². The van der Waals surface area contributed by atoms with E-state index in [0.717, 1.165) is 12.1 Å². The number of nitrogens with zero attached hydrogens (tertiary/aromatic N) is 1. The van der Waals surface area contributed by atoms with Crippen molar-refractivity contribution in [3.05, 3.63) is 57.8 Å². The number of piperazine rings is 1. The van der Waals surface area contributed by atoms with Crippen LogP contribution in [0.25, 0.3) is 0 Å². The van der Waals surface area contributed by atoms with Crippen molar-refractivity contribution in [2.75, 3.05) is 13.1 Å². The molecule has 1 aromatic heterocycles. The molecule has 3 rings (SSSR count). The summed E-state index contributed by atoms with van der Waals surface area (Å²) >= 11 is 1.61. The summed E-state index contributed by atoms with van der Waals surface area (Å²) in [5.41, 5.74) is 3.48. The van der Waals surface area contributed by atoms with Gasteiger partial charge in [-0.1, -0.05) is 24.3 Å². The van der Waals surface area contributed by atoms with Gasteiger partial charge in [0.1, 0.15) is 0 Å². The van der Waals surface area contributed by atoms with Crippen molar-refractivity contribution in [2.24, 2.45) is 0 Å². The van der Waals surface area contributed by atoms with Crippen LogP contribution in [0, 0.1) is 6.92 Å². The van der Waals surface area contributed by atoms with Crippen molar-refractivity contribution in [2.45, 2.75) is 32.5 Å². The normalized spacial score (nSPS) is 18.0. The Morgan fingerprint density at radius 1 is 1.36 bits per heavy atom. The Balaban J connectivity index is 1.62. The lowest BCUT2D eigenvalue weighted by molar-refractivity contribution is -0.134. The third-order valence-electron chi connectivity index (χ3n) is 4.52. The van der Waals surface area contributed by atoms with E-state index < -0.39 is 6.04 Å². The molecule has 6 heteroatoms. The fourth-order valence-electron chi connectivity index (χ4n) is 3.02. The van der Waals surface area contributed by atoms with Gasteiger partial charge in [0.25, 0.3) is 0 Å². The quantitative estimate of drug-likeness (QED) is 0.832. The molecule has 0 aliphatic carbocycles. The first-order valence-corrected chi connectivity index (χ1v) is 9.42. The van der Waals surface area contributed by atoms with Crippen LogP contribution in [0.1, 0.15) is 23.1 Å². The van der Waals surface area contributed by atoms with Crippen LogP contribution in [0.3, 0.4) is 0 Å². The van der Waals surface area contributed by atoms with Crippen molar-refractivity contribution in [3.8, 4) is 0 Å². The molecule has 25 heavy (non-hydrogen) atoms. The molecule has 1 atom stereocenters. The second-order valence-electron chi connectivity index (χ2n) is 6.32. The minimum Gasteiger partial charge on any atom is -0.353 e. The van der Waals surface area contributed by atoms with E-state index in [1.165, 1.54) is 11.1 Å². The fourth-order valence-corrected chi connectivity index (χ4v) is 3.69. The number of nitrogens with one attached hydrogen (secondary N) is 2. The number of carbonyl (C=O) groups is 2. The molecule has 2 N–H and O–H groups in total. The van der Waals surface area contributed by atoms with Crippen LogP contribution in [0.15, 0.2) is 41.1 Å². The van der Waals surface area contributed by atoms with Crippen LogP contribution in [-0.2, 0) is 22.7 Å². The number of carbonyl (C=O) groups excluding carboxylic acids is 2. The standard InChI is InChI=1S/C19H23N3O2S/c1-14-4-2-3-5-16(14)12-22-8-7-20-19(24)17(22)10-18(23)21-11-15-6-9-25-13-15/h2-6,9,13,17H,7-8,10-12H2,1H3,(H,20,24)(H,21,23)/t17-/m0/s1. The molecule has 0 radical (unpaired) electrons. The minimum absolute atomic E-state index is 0.0643. The molecule has 5 nitrogen and oxygen atoms in total. The molecular weight excluding hydrogens is 334 g/mol. The highest BCUT2D eigenvalue weighted by Crippen LogP contribution is 2.16. The number of aryl methyl sites for hydroxylation is 1. The van der Waals surface area contributed by atoms with Gasteiger partial charge >= 0.3 is 0 Å². The molecule has 1 aliphatic heterocycles. The number of hydrogen-bond acceptors (Lipinski definition) is 4. The molecule has 1 fully saturated rings. The van der Waals surface area contributed by atoms with Crippen LogP contribution < -0.4 is 10.6 Å². The molecule has 2 heterocycles. The SMILES string of the molecule is Cc1ccccc1CN1CCNC(=O)[C@@H]1CC(=O)NCc1ccsc1. The third kappa shape index (κ3) is 4.67. The van der Waals surface area contributed by atoms with Crippen molar-refractivity contribution in [1.82, 2.24) is 15.5 Å². The molecule has 1 aliphatic rings. The number of benzene rings is 1. The van der Waals surface area contributed by atoms with Gasteiger partial charge in [0.05, 0.1) is 12.5 Å². The summed E-state index contributed by atoms with van der Waals surface area (Å²) in [7, 11) is 0. The highest BCUT2D eigenvalue weighted by Gasteiger charge is 2.31. The van der Waals surface area contributed by atoms with E-state index in [4.69, 9.17) is 0 Å². The van der Waals surface area contributed by atoms with Gasteiger partial charge in [0.15, 0.2) is 0 Å². The van der Waals surface area contributed by atoms with E-state index in [1.54, 1.807) is 11.3 Å². The Hall–Kier alpha value is -2.18. The number of hydrogen-bond donors (Lipinski definition) is 2. The van der Waals surface area contributed by atoms with Crippen molar-refractivity contribution in [1.29, 1.82) is 0 Å². The second-order valence-corrected chi connectivity index (χ2v) is 7.10. The van der Waals surface area contributed by atoms with Gasteiger partial charge in [-0.05, 0) is 40.4 Å². The van der Waals surface area contributed by atoms with Gasteiger partial charge in [-0.3, -0.25) is 14.5 Å². The number of amides is 2. The monoisotopic (exact) mass is 357 g/mol. The predicted octanol–water partition coefficient (Wildman–Crippen LogP) is 2.06. The zero-order valence-corrected chi connectivity index (χ0v) is 15.1. The van der Waals surface area contributed by atoms with Gasteiger partial charge < -0.3 is 10.6 Å². The second kappa shape index (κ2) is 8.27. The molecule has 0 saturated carbocycles. The topological polar surface area (TPSA) is 61.4 Å². The summed E-state index contributed by atoms with van der Waals surface area (Å²) in [5.74, 6) is -0.159. The molecule has 2 aromatic rings. The van der Waals surface area contributed by atoms with E-state index in [-0.39, 0.29) is 18.2 Å². The highest BCUT2D eigenvalue weighted by atomic mass is 32.1. The van der Waals surface area contributed by atoms with Crippen LogP contribution in [0.2, 0.25) is 0 Å². The summed E-state index contributed by atoms with van der Waals surface area (Å²) in [5, 5.41) is 9.79. The molecule has 1 aromatic carbocycles. The van der Waals surface area contributed by atoms with E-state index in [9.17, 15) is 9.59 Å². The van der Waals surface area contributed by atoms with Gasteiger partial charge in [-0.15, -0.1) is 0 Å². The Labute approximate surface area is 152 Å². The van der Waals surface area contributed by atoms with E-state index in [2.05, 4.69) is 34.6 Å². The largest absolute Gasteiger partial charge is 0.353 e. The molecular formula is C19H23N3O2S. The van der Waals surface area contributed by atoms with Crippen LogP contribution in [0.4, 0.5) is 0 Å². The summed E-state index contributed by atoms with van der Waals surface area (Å²) < 4.78 is 0. The molecule has 0 unspecified atom stereocenters. The molecule has 132 valence electrons. The van der Waals surface area contributed by atoms with Gasteiger partial charge in [-0.25, -0.2) is 0 Å². The van der Waals surface area contributed by atoms with Crippen LogP contribution in [-0.4, -0.2) is 35.8 Å². The Kier molecular flexibility index (Phi) is 5.83. The van der Waals surface area contributed by atoms with E-state index >= 15 is 0 Å². The maximum Gasteiger partial charge on any atom is 0.237 e. The van der Waals surface area contributed by atoms with Crippen LogP contribution >= 0.6 is 11.3 Å². The molecule has 2 amide bonds. The fraction of sp³-hybridized carbons (Fsp3) is 0.368. The average molecular weight is 357 g/mol. The highest BCUT2D eigenvalue weighted by molar-refractivity contribution is 7.07. The smallest absolute Gasteiger partial charge is 0.237 e. The molecule has 0 spiro atoms. The maximum absolute atomic E-state index is 12.3.